The number of amides is 1. The third-order valence-electron chi connectivity index (χ3n) is 4.51. The molecule has 0 aliphatic heterocycles. The van der Waals surface area contributed by atoms with Gasteiger partial charge in [0.1, 0.15) is 6.61 Å². The number of carbonyl (C=O) groups is 1. The Labute approximate surface area is 179 Å². The molecule has 1 aromatic carbocycles. The summed E-state index contributed by atoms with van der Waals surface area (Å²) in [6.07, 6.45) is 2.54. The van der Waals surface area contributed by atoms with Gasteiger partial charge in [0.15, 0.2) is 11.6 Å². The van der Waals surface area contributed by atoms with E-state index >= 15 is 0 Å². The Morgan fingerprint density at radius 1 is 1.39 bits per heavy atom. The average Bonchev–Trinajstić information content (AvgIpc) is 3.16. The molecule has 150 valence electrons. The molecule has 3 aromatic rings. The van der Waals surface area contributed by atoms with Crippen molar-refractivity contribution in [3.63, 3.8) is 0 Å². The molecule has 6 nitrogen and oxygen atoms in total. The third kappa shape index (κ3) is 4.62. The largest absolute Gasteiger partial charge is 0.489 e. The summed E-state index contributed by atoms with van der Waals surface area (Å²) >= 11 is 2.19. The molecule has 2 heterocycles. The lowest BCUT2D eigenvalue weighted by Gasteiger charge is -2.09. The van der Waals surface area contributed by atoms with Gasteiger partial charge in [-0.2, -0.15) is 5.10 Å². The number of rotatable bonds is 8. The second kappa shape index (κ2) is 9.17. The van der Waals surface area contributed by atoms with Crippen LogP contribution in [0.2, 0.25) is 0 Å². The minimum Gasteiger partial charge on any atom is -0.489 e. The van der Waals surface area contributed by atoms with E-state index in [1.165, 1.54) is 22.1 Å². The monoisotopic (exact) mass is 516 g/mol. The fourth-order valence-electron chi connectivity index (χ4n) is 3.17. The van der Waals surface area contributed by atoms with Gasteiger partial charge in [-0.05, 0) is 38.0 Å². The van der Waals surface area contributed by atoms with Crippen molar-refractivity contribution >= 4 is 47.1 Å². The molecule has 0 aliphatic rings. The van der Waals surface area contributed by atoms with E-state index in [0.29, 0.717) is 26.1 Å². The zero-order valence-corrected chi connectivity index (χ0v) is 18.9. The first-order chi connectivity index (χ1) is 13.4. The van der Waals surface area contributed by atoms with Crippen molar-refractivity contribution in [3.8, 4) is 5.75 Å². The molecular formula is C19H22FIN4O2S. The van der Waals surface area contributed by atoms with Crippen LogP contribution in [0, 0.1) is 19.7 Å². The van der Waals surface area contributed by atoms with Crippen molar-refractivity contribution in [1.29, 1.82) is 0 Å². The van der Waals surface area contributed by atoms with E-state index < -0.39 is 0 Å². The minimum absolute atomic E-state index is 0.0615. The van der Waals surface area contributed by atoms with E-state index in [4.69, 9.17) is 4.74 Å². The summed E-state index contributed by atoms with van der Waals surface area (Å²) in [4.78, 5) is 11.2. The van der Waals surface area contributed by atoms with Crippen LogP contribution in [0.15, 0.2) is 24.4 Å². The molecule has 0 unspecified atom stereocenters. The first-order valence-electron chi connectivity index (χ1n) is 8.90. The van der Waals surface area contributed by atoms with Gasteiger partial charge in [-0.15, -0.1) is 0 Å². The SMILES string of the molecule is CC(=O)NCCc1c(C)n(SI)c2cc(F)c(OCCn3ccc(C)n3)cc12. The van der Waals surface area contributed by atoms with Gasteiger partial charge in [-0.1, -0.05) is 0 Å². The van der Waals surface area contributed by atoms with Crippen LogP contribution < -0.4 is 10.1 Å². The Morgan fingerprint density at radius 2 is 2.18 bits per heavy atom. The summed E-state index contributed by atoms with van der Waals surface area (Å²) in [5.41, 5.74) is 3.87. The molecule has 0 saturated heterocycles. The predicted octanol–water partition coefficient (Wildman–Crippen LogP) is 4.20. The number of benzene rings is 1. The Bertz CT molecular complexity index is 1000. The van der Waals surface area contributed by atoms with Crippen LogP contribution >= 0.6 is 30.3 Å². The number of nitrogens with zero attached hydrogens (tertiary/aromatic N) is 3. The maximum Gasteiger partial charge on any atom is 0.216 e. The standard InChI is InChI=1S/C19H22FIN4O2S/c1-12-5-7-24(23-12)8-9-27-19-10-16-15(4-6-22-14(3)26)13(2)25(28-21)18(16)11-17(19)20/h5,7,10-11H,4,6,8-9H2,1-3H3,(H,22,26). The highest BCUT2D eigenvalue weighted by Crippen LogP contribution is 2.36. The molecule has 1 amide bonds. The molecule has 2 aromatic heterocycles. The van der Waals surface area contributed by atoms with Gasteiger partial charge >= 0.3 is 0 Å². The highest BCUT2D eigenvalue weighted by molar-refractivity contribution is 14.2. The molecule has 0 atom stereocenters. The Balaban J connectivity index is 1.84. The number of hydrogen-bond acceptors (Lipinski definition) is 4. The lowest BCUT2D eigenvalue weighted by Crippen LogP contribution is -2.22. The molecule has 0 bridgehead atoms. The van der Waals surface area contributed by atoms with Crippen molar-refractivity contribution in [2.75, 3.05) is 13.2 Å². The second-order valence-corrected chi connectivity index (χ2v) is 8.21. The Morgan fingerprint density at radius 3 is 2.82 bits per heavy atom. The van der Waals surface area contributed by atoms with Crippen LogP contribution in [0.5, 0.6) is 5.75 Å². The van der Waals surface area contributed by atoms with Gasteiger partial charge in [-0.3, -0.25) is 13.4 Å². The summed E-state index contributed by atoms with van der Waals surface area (Å²) in [5, 5.41) is 8.07. The third-order valence-corrected chi connectivity index (χ3v) is 6.30. The van der Waals surface area contributed by atoms with Crippen LogP contribution in [0.25, 0.3) is 10.9 Å². The number of hydrogen-bond donors (Lipinski definition) is 1. The van der Waals surface area contributed by atoms with E-state index in [1.54, 1.807) is 10.7 Å². The van der Waals surface area contributed by atoms with Crippen LogP contribution in [0.4, 0.5) is 4.39 Å². The van der Waals surface area contributed by atoms with E-state index in [0.717, 1.165) is 27.9 Å². The highest BCUT2D eigenvalue weighted by Gasteiger charge is 2.18. The number of ether oxygens (including phenoxy) is 1. The first-order valence-corrected chi connectivity index (χ1v) is 12.2. The molecule has 1 N–H and O–H groups in total. The quantitative estimate of drug-likeness (QED) is 0.456. The lowest BCUT2D eigenvalue weighted by atomic mass is 10.1. The molecular weight excluding hydrogens is 494 g/mol. The van der Waals surface area contributed by atoms with Gasteiger partial charge in [-0.25, -0.2) is 4.39 Å². The van der Waals surface area contributed by atoms with Gasteiger partial charge in [0.2, 0.25) is 5.91 Å². The molecule has 0 spiro atoms. The van der Waals surface area contributed by atoms with E-state index in [2.05, 4.69) is 31.6 Å². The van der Waals surface area contributed by atoms with E-state index in [-0.39, 0.29) is 17.5 Å². The second-order valence-electron chi connectivity index (χ2n) is 6.53. The molecule has 0 aliphatic carbocycles. The summed E-state index contributed by atoms with van der Waals surface area (Å²) < 4.78 is 24.1. The smallest absolute Gasteiger partial charge is 0.216 e. The fourth-order valence-corrected chi connectivity index (χ4v) is 5.13. The number of aromatic nitrogens is 3. The molecule has 9 heteroatoms. The molecule has 0 fully saturated rings. The molecule has 0 radical (unpaired) electrons. The fraction of sp³-hybridized carbons (Fsp3) is 0.368. The zero-order chi connectivity index (χ0) is 20.3. The van der Waals surface area contributed by atoms with Crippen LogP contribution in [-0.4, -0.2) is 32.8 Å². The van der Waals surface area contributed by atoms with Crippen LogP contribution in [0.3, 0.4) is 0 Å². The topological polar surface area (TPSA) is 61.1 Å². The normalized spacial score (nSPS) is 11.2. The zero-order valence-electron chi connectivity index (χ0n) is 16.0. The number of nitrogens with one attached hydrogen (secondary N) is 1. The maximum absolute atomic E-state index is 14.6. The van der Waals surface area contributed by atoms with Crippen molar-refractivity contribution < 1.29 is 13.9 Å². The average molecular weight is 516 g/mol. The van der Waals surface area contributed by atoms with Crippen LogP contribution in [0.1, 0.15) is 23.9 Å². The number of fused-ring (bicyclic) bond motifs is 1. The summed E-state index contributed by atoms with van der Waals surface area (Å²) in [7, 11) is 1.50. The van der Waals surface area contributed by atoms with Crippen LogP contribution in [-0.2, 0) is 17.8 Å². The summed E-state index contributed by atoms with van der Waals surface area (Å²) in [5.74, 6) is -0.219. The predicted molar refractivity (Wildman–Crippen MR) is 118 cm³/mol. The minimum atomic E-state index is -0.387. The number of carbonyl (C=O) groups excluding carboxylic acids is 1. The maximum atomic E-state index is 14.6. The summed E-state index contributed by atoms with van der Waals surface area (Å²) in [6, 6.07) is 5.20. The first kappa shape index (κ1) is 21.0. The van der Waals surface area contributed by atoms with Gasteiger partial charge in [0.25, 0.3) is 0 Å². The number of halogens is 2. The number of aryl methyl sites for hydroxylation is 1. The summed E-state index contributed by atoms with van der Waals surface area (Å²) in [6.45, 7) is 6.83. The molecule has 28 heavy (non-hydrogen) atoms. The van der Waals surface area contributed by atoms with Gasteiger partial charge in [0.05, 0.1) is 17.8 Å². The Hall–Kier alpha value is -1.75. The molecule has 3 rings (SSSR count). The molecule has 0 saturated carbocycles. The van der Waals surface area contributed by atoms with E-state index in [1.807, 2.05) is 30.1 Å². The van der Waals surface area contributed by atoms with Crippen molar-refractivity contribution in [3.05, 3.63) is 47.2 Å². The van der Waals surface area contributed by atoms with E-state index in [9.17, 15) is 9.18 Å². The van der Waals surface area contributed by atoms with Crippen molar-refractivity contribution in [1.82, 2.24) is 19.1 Å². The Kier molecular flexibility index (Phi) is 6.86. The van der Waals surface area contributed by atoms with Gasteiger partial charge < -0.3 is 10.1 Å². The van der Waals surface area contributed by atoms with Crippen molar-refractivity contribution in [2.45, 2.75) is 33.7 Å². The van der Waals surface area contributed by atoms with Gasteiger partial charge in [0, 0.05) is 67.1 Å². The highest BCUT2D eigenvalue weighted by atomic mass is 127. The lowest BCUT2D eigenvalue weighted by molar-refractivity contribution is -0.118. The van der Waals surface area contributed by atoms with Crippen molar-refractivity contribution in [2.24, 2.45) is 0 Å².